The number of nitrogens with two attached hydrogens (primary N) is 1. The molecule has 0 saturated heterocycles. The largest absolute Gasteiger partial charge is 0.366 e. The number of carbonyl (C=O) groups excluding carboxylic acids is 1. The molecular formula is C15H18N2O. The standard InChI is InChI=1S/C15H18N2O/c16-15(18)13-11-8-4-5-9-12(11)17-14(13)10-6-2-1-3-7-10/h4-5,8-10,17H,1-3,6-7H2,(H2,16,18). The molecule has 3 nitrogen and oxygen atoms in total. The molecule has 0 radical (unpaired) electrons. The molecule has 1 saturated carbocycles. The number of fused-ring (bicyclic) bond motifs is 1. The lowest BCUT2D eigenvalue weighted by atomic mass is 9.85. The lowest BCUT2D eigenvalue weighted by Gasteiger charge is -2.21. The number of aromatic nitrogens is 1. The molecule has 0 spiro atoms. The maximum Gasteiger partial charge on any atom is 0.251 e. The van der Waals surface area contributed by atoms with Gasteiger partial charge in [0.25, 0.3) is 5.91 Å². The molecule has 1 heterocycles. The number of aromatic amines is 1. The van der Waals surface area contributed by atoms with Crippen molar-refractivity contribution in [2.24, 2.45) is 5.73 Å². The molecule has 0 aliphatic heterocycles. The molecule has 1 aliphatic carbocycles. The van der Waals surface area contributed by atoms with Crippen LogP contribution in [0.25, 0.3) is 10.9 Å². The molecular weight excluding hydrogens is 224 g/mol. The minimum atomic E-state index is -0.312. The van der Waals surface area contributed by atoms with Gasteiger partial charge in [0.05, 0.1) is 5.56 Å². The Hall–Kier alpha value is -1.77. The first-order valence-corrected chi connectivity index (χ1v) is 6.68. The first-order chi connectivity index (χ1) is 8.77. The molecule has 1 aromatic heterocycles. The fourth-order valence-electron chi connectivity index (χ4n) is 3.13. The van der Waals surface area contributed by atoms with Crippen LogP contribution in [-0.2, 0) is 0 Å². The lowest BCUT2D eigenvalue weighted by Crippen LogP contribution is -2.16. The fourth-order valence-corrected chi connectivity index (χ4v) is 3.13. The summed E-state index contributed by atoms with van der Waals surface area (Å²) in [6.07, 6.45) is 6.12. The van der Waals surface area contributed by atoms with E-state index in [9.17, 15) is 4.79 Å². The third-order valence-corrected chi connectivity index (χ3v) is 3.99. The van der Waals surface area contributed by atoms with Crippen molar-refractivity contribution in [3.8, 4) is 0 Å². The Morgan fingerprint density at radius 2 is 1.89 bits per heavy atom. The molecule has 1 aliphatic rings. The number of hydrogen-bond donors (Lipinski definition) is 2. The summed E-state index contributed by atoms with van der Waals surface area (Å²) in [7, 11) is 0. The molecule has 94 valence electrons. The number of rotatable bonds is 2. The zero-order valence-electron chi connectivity index (χ0n) is 10.4. The predicted molar refractivity (Wildman–Crippen MR) is 72.6 cm³/mol. The summed E-state index contributed by atoms with van der Waals surface area (Å²) in [5.41, 5.74) is 8.36. The highest BCUT2D eigenvalue weighted by Gasteiger charge is 2.24. The van der Waals surface area contributed by atoms with Gasteiger partial charge in [-0.15, -0.1) is 0 Å². The Labute approximate surface area is 106 Å². The average Bonchev–Trinajstić information content (AvgIpc) is 2.79. The zero-order chi connectivity index (χ0) is 12.5. The van der Waals surface area contributed by atoms with E-state index in [0.717, 1.165) is 29.4 Å². The van der Waals surface area contributed by atoms with Crippen molar-refractivity contribution in [2.45, 2.75) is 38.0 Å². The van der Waals surface area contributed by atoms with Crippen LogP contribution in [0.15, 0.2) is 24.3 Å². The molecule has 3 N–H and O–H groups in total. The Morgan fingerprint density at radius 3 is 2.61 bits per heavy atom. The van der Waals surface area contributed by atoms with Crippen molar-refractivity contribution in [2.75, 3.05) is 0 Å². The van der Waals surface area contributed by atoms with Gasteiger partial charge < -0.3 is 10.7 Å². The van der Waals surface area contributed by atoms with Gasteiger partial charge in [-0.2, -0.15) is 0 Å². The zero-order valence-corrected chi connectivity index (χ0v) is 10.4. The van der Waals surface area contributed by atoms with Crippen molar-refractivity contribution < 1.29 is 4.79 Å². The molecule has 18 heavy (non-hydrogen) atoms. The summed E-state index contributed by atoms with van der Waals surface area (Å²) >= 11 is 0. The number of carbonyl (C=O) groups is 1. The second-order valence-corrected chi connectivity index (χ2v) is 5.16. The topological polar surface area (TPSA) is 58.9 Å². The number of benzene rings is 1. The summed E-state index contributed by atoms with van der Waals surface area (Å²) < 4.78 is 0. The predicted octanol–water partition coefficient (Wildman–Crippen LogP) is 3.31. The van der Waals surface area contributed by atoms with Gasteiger partial charge >= 0.3 is 0 Å². The molecule has 1 aromatic carbocycles. The Morgan fingerprint density at radius 1 is 1.17 bits per heavy atom. The first-order valence-electron chi connectivity index (χ1n) is 6.68. The minimum absolute atomic E-state index is 0.312. The molecule has 3 rings (SSSR count). The van der Waals surface area contributed by atoms with Crippen LogP contribution in [0.5, 0.6) is 0 Å². The van der Waals surface area contributed by atoms with E-state index in [1.807, 2.05) is 24.3 Å². The van der Waals surface area contributed by atoms with Gasteiger partial charge in [-0.3, -0.25) is 4.79 Å². The van der Waals surface area contributed by atoms with Gasteiger partial charge in [0.15, 0.2) is 0 Å². The van der Waals surface area contributed by atoms with Gasteiger partial charge in [-0.25, -0.2) is 0 Å². The van der Waals surface area contributed by atoms with Crippen LogP contribution >= 0.6 is 0 Å². The molecule has 3 heteroatoms. The van der Waals surface area contributed by atoms with Crippen molar-refractivity contribution in [3.05, 3.63) is 35.5 Å². The van der Waals surface area contributed by atoms with Crippen molar-refractivity contribution in [1.29, 1.82) is 0 Å². The average molecular weight is 242 g/mol. The smallest absolute Gasteiger partial charge is 0.251 e. The second kappa shape index (κ2) is 4.48. The van der Waals surface area contributed by atoms with E-state index in [4.69, 9.17) is 5.73 Å². The van der Waals surface area contributed by atoms with Crippen LogP contribution < -0.4 is 5.73 Å². The quantitative estimate of drug-likeness (QED) is 0.833. The van der Waals surface area contributed by atoms with Crippen LogP contribution in [0.4, 0.5) is 0 Å². The highest BCUT2D eigenvalue weighted by molar-refractivity contribution is 6.07. The molecule has 2 aromatic rings. The SMILES string of the molecule is NC(=O)c1c(C2CCCCC2)[nH]c2ccccc12. The number of para-hydroxylation sites is 1. The highest BCUT2D eigenvalue weighted by atomic mass is 16.1. The maximum atomic E-state index is 11.7. The number of primary amides is 1. The number of H-pyrrole nitrogens is 1. The van der Waals surface area contributed by atoms with E-state index < -0.39 is 0 Å². The summed E-state index contributed by atoms with van der Waals surface area (Å²) in [6, 6.07) is 7.91. The summed E-state index contributed by atoms with van der Waals surface area (Å²) in [6.45, 7) is 0. The van der Waals surface area contributed by atoms with E-state index in [1.54, 1.807) is 0 Å². The van der Waals surface area contributed by atoms with Crippen molar-refractivity contribution in [1.82, 2.24) is 4.98 Å². The van der Waals surface area contributed by atoms with Gasteiger partial charge in [-0.1, -0.05) is 37.5 Å². The van der Waals surface area contributed by atoms with Crippen LogP contribution in [0.2, 0.25) is 0 Å². The Kier molecular flexibility index (Phi) is 2.82. The minimum Gasteiger partial charge on any atom is -0.366 e. The molecule has 1 amide bonds. The van der Waals surface area contributed by atoms with Gasteiger partial charge in [0.2, 0.25) is 0 Å². The van der Waals surface area contributed by atoms with E-state index in [1.165, 1.54) is 19.3 Å². The van der Waals surface area contributed by atoms with Crippen LogP contribution in [0.1, 0.15) is 54.1 Å². The van der Waals surface area contributed by atoms with Gasteiger partial charge in [0, 0.05) is 16.6 Å². The monoisotopic (exact) mass is 242 g/mol. The van der Waals surface area contributed by atoms with Gasteiger partial charge in [0.1, 0.15) is 0 Å². The van der Waals surface area contributed by atoms with Crippen LogP contribution in [0.3, 0.4) is 0 Å². The number of hydrogen-bond acceptors (Lipinski definition) is 1. The molecule has 0 unspecified atom stereocenters. The lowest BCUT2D eigenvalue weighted by molar-refractivity contribution is 0.1000. The summed E-state index contributed by atoms with van der Waals surface area (Å²) in [5.74, 6) is 0.154. The van der Waals surface area contributed by atoms with Gasteiger partial charge in [-0.05, 0) is 24.8 Å². The van der Waals surface area contributed by atoms with E-state index >= 15 is 0 Å². The summed E-state index contributed by atoms with van der Waals surface area (Å²) in [5, 5.41) is 0.963. The Balaban J connectivity index is 2.14. The fraction of sp³-hybridized carbons (Fsp3) is 0.400. The van der Waals surface area contributed by atoms with E-state index in [0.29, 0.717) is 11.5 Å². The van der Waals surface area contributed by atoms with Crippen LogP contribution in [0, 0.1) is 0 Å². The number of nitrogens with one attached hydrogen (secondary N) is 1. The first kappa shape index (κ1) is 11.3. The molecule has 1 fully saturated rings. The van der Waals surface area contributed by atoms with Crippen LogP contribution in [-0.4, -0.2) is 10.9 Å². The molecule has 0 bridgehead atoms. The van der Waals surface area contributed by atoms with E-state index in [-0.39, 0.29) is 5.91 Å². The number of amides is 1. The van der Waals surface area contributed by atoms with Crippen molar-refractivity contribution >= 4 is 16.8 Å². The van der Waals surface area contributed by atoms with E-state index in [2.05, 4.69) is 4.98 Å². The normalized spacial score (nSPS) is 17.1. The second-order valence-electron chi connectivity index (χ2n) is 5.16. The molecule has 0 atom stereocenters. The van der Waals surface area contributed by atoms with Crippen molar-refractivity contribution in [3.63, 3.8) is 0 Å². The maximum absolute atomic E-state index is 11.7. The third kappa shape index (κ3) is 1.80. The summed E-state index contributed by atoms with van der Waals surface area (Å²) in [4.78, 5) is 15.2. The Bertz CT molecular complexity index is 579. The third-order valence-electron chi connectivity index (χ3n) is 3.99. The highest BCUT2D eigenvalue weighted by Crippen LogP contribution is 2.36.